The molecule has 1 amide bonds. The molecule has 9 nitrogen and oxygen atoms in total. The third kappa shape index (κ3) is 3.49. The second-order valence-corrected chi connectivity index (χ2v) is 7.12. The highest BCUT2D eigenvalue weighted by Crippen LogP contribution is 2.43. The van der Waals surface area contributed by atoms with Crippen LogP contribution in [0.1, 0.15) is 23.1 Å². The molecular weight excluding hydrogens is 416 g/mol. The van der Waals surface area contributed by atoms with Crippen LogP contribution in [0.15, 0.2) is 70.7 Å². The van der Waals surface area contributed by atoms with Crippen LogP contribution in [0.2, 0.25) is 0 Å². The summed E-state index contributed by atoms with van der Waals surface area (Å²) in [4.78, 5) is 37.6. The van der Waals surface area contributed by atoms with E-state index in [2.05, 4.69) is 0 Å². The number of hydrogen-bond donors (Lipinski definition) is 1. The fraction of sp³-hybridized carbons (Fsp3) is 0.130. The number of non-ortho nitro benzene ring substituents is 1. The maximum absolute atomic E-state index is 13.0. The topological polar surface area (TPSA) is 123 Å². The van der Waals surface area contributed by atoms with Gasteiger partial charge < -0.3 is 14.3 Å². The van der Waals surface area contributed by atoms with Gasteiger partial charge in [-0.15, -0.1) is 0 Å². The van der Waals surface area contributed by atoms with E-state index >= 15 is 0 Å². The number of amides is 1. The Balaban J connectivity index is 1.88. The molecule has 1 saturated heterocycles. The van der Waals surface area contributed by atoms with Crippen molar-refractivity contribution in [2.75, 3.05) is 12.0 Å². The summed E-state index contributed by atoms with van der Waals surface area (Å²) in [5.74, 6) is -0.750. The molecule has 1 N–H and O–H groups in total. The number of anilines is 1. The van der Waals surface area contributed by atoms with Crippen LogP contribution in [-0.4, -0.2) is 28.8 Å². The lowest BCUT2D eigenvalue weighted by atomic mass is 9.99. The Morgan fingerprint density at radius 2 is 1.72 bits per heavy atom. The van der Waals surface area contributed by atoms with Crippen molar-refractivity contribution in [3.8, 4) is 5.75 Å². The molecule has 0 spiro atoms. The average molecular weight is 434 g/mol. The molecule has 2 aromatic carbocycles. The van der Waals surface area contributed by atoms with Gasteiger partial charge in [-0.3, -0.25) is 24.6 Å². The Hall–Kier alpha value is -4.40. The van der Waals surface area contributed by atoms with E-state index in [1.54, 1.807) is 43.3 Å². The Morgan fingerprint density at radius 3 is 2.25 bits per heavy atom. The van der Waals surface area contributed by atoms with Gasteiger partial charge in [0.1, 0.15) is 29.1 Å². The number of aliphatic hydroxyl groups is 1. The highest BCUT2D eigenvalue weighted by atomic mass is 16.6. The number of ketones is 1. The Kier molecular flexibility index (Phi) is 5.23. The summed E-state index contributed by atoms with van der Waals surface area (Å²) in [6.07, 6.45) is 0. The summed E-state index contributed by atoms with van der Waals surface area (Å²) in [5, 5.41) is 21.9. The number of hydrogen-bond acceptors (Lipinski definition) is 7. The number of aliphatic hydroxyl groups excluding tert-OH is 1. The van der Waals surface area contributed by atoms with Crippen molar-refractivity contribution in [2.24, 2.45) is 0 Å². The molecule has 4 rings (SSSR count). The van der Waals surface area contributed by atoms with Gasteiger partial charge in [-0.2, -0.15) is 0 Å². The zero-order valence-corrected chi connectivity index (χ0v) is 17.1. The molecule has 1 fully saturated rings. The monoisotopic (exact) mass is 434 g/mol. The number of methoxy groups -OCH3 is 1. The number of Topliss-reactive ketones (excluding diaryl/α,β-unsaturated/α-hetero) is 1. The van der Waals surface area contributed by atoms with Gasteiger partial charge in [-0.25, -0.2) is 0 Å². The van der Waals surface area contributed by atoms with E-state index in [0.717, 1.165) is 0 Å². The molecule has 3 aromatic rings. The maximum Gasteiger partial charge on any atom is 0.300 e. The van der Waals surface area contributed by atoms with Gasteiger partial charge in [0.15, 0.2) is 0 Å². The van der Waals surface area contributed by atoms with Crippen LogP contribution in [0, 0.1) is 17.0 Å². The normalized spacial score (nSPS) is 17.6. The van der Waals surface area contributed by atoms with Gasteiger partial charge in [0, 0.05) is 23.4 Å². The lowest BCUT2D eigenvalue weighted by molar-refractivity contribution is -0.384. The summed E-state index contributed by atoms with van der Waals surface area (Å²) in [6.45, 7) is 1.72. The SMILES string of the molecule is COc1ccc(N2C(=O)C(=O)/C(=C(\O)c3ccc([N+](=O)[O-])cc3)C2c2ccc(C)o2)cc1. The van der Waals surface area contributed by atoms with E-state index in [1.807, 2.05) is 0 Å². The number of carbonyl (C=O) groups excluding carboxylic acids is 2. The summed E-state index contributed by atoms with van der Waals surface area (Å²) < 4.78 is 10.9. The highest BCUT2D eigenvalue weighted by Gasteiger charge is 2.48. The zero-order valence-electron chi connectivity index (χ0n) is 17.1. The van der Waals surface area contributed by atoms with E-state index in [0.29, 0.717) is 23.0 Å². The lowest BCUT2D eigenvalue weighted by Gasteiger charge is -2.23. The number of nitrogens with zero attached hydrogens (tertiary/aromatic N) is 2. The van der Waals surface area contributed by atoms with Crippen molar-refractivity contribution >= 4 is 28.8 Å². The van der Waals surface area contributed by atoms with Crippen molar-refractivity contribution in [2.45, 2.75) is 13.0 Å². The second kappa shape index (κ2) is 8.03. The van der Waals surface area contributed by atoms with Crippen LogP contribution in [0.4, 0.5) is 11.4 Å². The minimum Gasteiger partial charge on any atom is -0.507 e. The maximum atomic E-state index is 13.0. The molecule has 9 heteroatoms. The predicted molar refractivity (Wildman–Crippen MR) is 114 cm³/mol. The summed E-state index contributed by atoms with van der Waals surface area (Å²) in [6, 6.07) is 13.9. The Labute approximate surface area is 182 Å². The number of nitro groups is 1. The number of nitro benzene ring substituents is 1. The molecule has 0 radical (unpaired) electrons. The smallest absolute Gasteiger partial charge is 0.300 e. The second-order valence-electron chi connectivity index (χ2n) is 7.12. The summed E-state index contributed by atoms with van der Waals surface area (Å²) >= 11 is 0. The van der Waals surface area contributed by atoms with Gasteiger partial charge in [0.25, 0.3) is 17.4 Å². The molecule has 1 unspecified atom stereocenters. The number of furan rings is 1. The predicted octanol–water partition coefficient (Wildman–Crippen LogP) is 4.13. The third-order valence-electron chi connectivity index (χ3n) is 5.18. The Bertz CT molecular complexity index is 1240. The quantitative estimate of drug-likeness (QED) is 0.210. The fourth-order valence-electron chi connectivity index (χ4n) is 3.61. The van der Waals surface area contributed by atoms with Crippen LogP contribution < -0.4 is 9.64 Å². The zero-order chi connectivity index (χ0) is 23.0. The van der Waals surface area contributed by atoms with Crippen molar-refractivity contribution in [1.82, 2.24) is 0 Å². The van der Waals surface area contributed by atoms with Gasteiger partial charge >= 0.3 is 0 Å². The average Bonchev–Trinajstić information content (AvgIpc) is 3.34. The first kappa shape index (κ1) is 20.9. The van der Waals surface area contributed by atoms with Crippen LogP contribution >= 0.6 is 0 Å². The van der Waals surface area contributed by atoms with Crippen LogP contribution in [0.3, 0.4) is 0 Å². The number of benzene rings is 2. The Morgan fingerprint density at radius 1 is 1.06 bits per heavy atom. The molecule has 32 heavy (non-hydrogen) atoms. The molecule has 0 saturated carbocycles. The molecule has 2 heterocycles. The molecule has 0 bridgehead atoms. The van der Waals surface area contributed by atoms with Crippen molar-refractivity contribution in [3.05, 3.63) is 93.4 Å². The van der Waals surface area contributed by atoms with Crippen molar-refractivity contribution in [3.63, 3.8) is 0 Å². The van der Waals surface area contributed by atoms with Crippen LogP contribution in [-0.2, 0) is 9.59 Å². The standard InChI is InChI=1S/C23H18N2O7/c1-13-3-12-18(32-13)20-19(21(26)14-4-6-16(7-5-14)25(29)30)22(27)23(28)24(20)15-8-10-17(31-2)11-9-15/h3-12,20,26H,1-2H3/b21-19-. The third-order valence-corrected chi connectivity index (χ3v) is 5.18. The molecule has 1 aliphatic heterocycles. The number of rotatable bonds is 5. The van der Waals surface area contributed by atoms with E-state index in [1.165, 1.54) is 36.3 Å². The molecule has 0 aliphatic carbocycles. The summed E-state index contributed by atoms with van der Waals surface area (Å²) in [7, 11) is 1.51. The van der Waals surface area contributed by atoms with E-state index < -0.39 is 28.4 Å². The van der Waals surface area contributed by atoms with Crippen molar-refractivity contribution < 1.29 is 28.8 Å². The minimum atomic E-state index is -1.02. The molecular formula is C23H18N2O7. The fourth-order valence-corrected chi connectivity index (χ4v) is 3.61. The first-order valence-electron chi connectivity index (χ1n) is 9.58. The van der Waals surface area contributed by atoms with Gasteiger partial charge in [-0.1, -0.05) is 0 Å². The lowest BCUT2D eigenvalue weighted by Crippen LogP contribution is -2.29. The van der Waals surface area contributed by atoms with Crippen LogP contribution in [0.25, 0.3) is 5.76 Å². The van der Waals surface area contributed by atoms with Gasteiger partial charge in [0.2, 0.25) is 0 Å². The molecule has 1 aromatic heterocycles. The first-order valence-corrected chi connectivity index (χ1v) is 9.58. The van der Waals surface area contributed by atoms with Gasteiger partial charge in [-0.05, 0) is 55.5 Å². The van der Waals surface area contributed by atoms with E-state index in [4.69, 9.17) is 9.15 Å². The van der Waals surface area contributed by atoms with E-state index in [9.17, 15) is 24.8 Å². The molecule has 1 atom stereocenters. The van der Waals surface area contributed by atoms with Gasteiger partial charge in [0.05, 0.1) is 17.6 Å². The minimum absolute atomic E-state index is 0.164. The summed E-state index contributed by atoms with van der Waals surface area (Å²) in [5.41, 5.74) is 0.235. The van der Waals surface area contributed by atoms with Crippen LogP contribution in [0.5, 0.6) is 5.75 Å². The molecule has 1 aliphatic rings. The molecule has 162 valence electrons. The highest BCUT2D eigenvalue weighted by molar-refractivity contribution is 6.51. The number of aryl methyl sites for hydroxylation is 1. The first-order chi connectivity index (χ1) is 15.3. The van der Waals surface area contributed by atoms with Crippen molar-refractivity contribution in [1.29, 1.82) is 0 Å². The number of ether oxygens (including phenoxy) is 1. The van der Waals surface area contributed by atoms with E-state index in [-0.39, 0.29) is 16.8 Å². The number of carbonyl (C=O) groups is 2. The largest absolute Gasteiger partial charge is 0.507 e.